The minimum atomic E-state index is -0.264. The third kappa shape index (κ3) is 2.47. The van der Waals surface area contributed by atoms with Gasteiger partial charge in [-0.1, -0.05) is 35.9 Å². The van der Waals surface area contributed by atoms with Gasteiger partial charge in [-0.25, -0.2) is 13.9 Å². The smallest absolute Gasteiger partial charge is 0.163 e. The van der Waals surface area contributed by atoms with Crippen LogP contribution in [0.4, 0.5) is 4.39 Å². The summed E-state index contributed by atoms with van der Waals surface area (Å²) < 4.78 is 14.9. The van der Waals surface area contributed by atoms with Crippen molar-refractivity contribution in [3.8, 4) is 22.4 Å². The van der Waals surface area contributed by atoms with E-state index < -0.39 is 0 Å². The van der Waals surface area contributed by atoms with Crippen LogP contribution in [-0.2, 0) is 0 Å². The number of hydrogen-bond acceptors (Lipinski definition) is 2. The zero-order valence-electron chi connectivity index (χ0n) is 11.9. The van der Waals surface area contributed by atoms with Crippen molar-refractivity contribution in [1.29, 1.82) is 0 Å². The number of hydrogen-bond donors (Lipinski definition) is 0. The second-order valence-corrected chi connectivity index (χ2v) is 5.57. The van der Waals surface area contributed by atoms with Crippen molar-refractivity contribution in [1.82, 2.24) is 14.6 Å². The molecule has 0 saturated heterocycles. The quantitative estimate of drug-likeness (QED) is 0.527. The molecule has 0 spiro atoms. The van der Waals surface area contributed by atoms with Crippen LogP contribution in [0.2, 0.25) is 5.02 Å². The Morgan fingerprint density at radius 1 is 0.870 bits per heavy atom. The second-order valence-electron chi connectivity index (χ2n) is 5.14. The average Bonchev–Trinajstić information content (AvgIpc) is 3.00. The van der Waals surface area contributed by atoms with Gasteiger partial charge < -0.3 is 0 Å². The standard InChI is InChI=1S/C18H11ClFN3/c19-14-5-1-13(2-6-14)17-9-10-21-18-16(11-22-23(17)18)12-3-7-15(20)8-4-12/h1-11H. The van der Waals surface area contributed by atoms with Gasteiger partial charge >= 0.3 is 0 Å². The Morgan fingerprint density at radius 2 is 1.57 bits per heavy atom. The lowest BCUT2D eigenvalue weighted by Gasteiger charge is -2.05. The molecular weight excluding hydrogens is 313 g/mol. The number of benzene rings is 2. The molecule has 2 heterocycles. The van der Waals surface area contributed by atoms with Crippen molar-refractivity contribution in [2.24, 2.45) is 0 Å². The molecule has 0 amide bonds. The molecule has 112 valence electrons. The van der Waals surface area contributed by atoms with Crippen LogP contribution in [0.15, 0.2) is 67.0 Å². The van der Waals surface area contributed by atoms with Crippen LogP contribution in [-0.4, -0.2) is 14.6 Å². The lowest BCUT2D eigenvalue weighted by atomic mass is 10.1. The predicted octanol–water partition coefficient (Wildman–Crippen LogP) is 4.86. The maximum atomic E-state index is 13.1. The van der Waals surface area contributed by atoms with Gasteiger partial charge in [0, 0.05) is 22.3 Å². The molecule has 0 saturated carbocycles. The van der Waals surface area contributed by atoms with Crippen LogP contribution >= 0.6 is 11.6 Å². The lowest BCUT2D eigenvalue weighted by molar-refractivity contribution is 0.628. The fourth-order valence-corrected chi connectivity index (χ4v) is 2.69. The fraction of sp³-hybridized carbons (Fsp3) is 0. The van der Waals surface area contributed by atoms with Crippen molar-refractivity contribution in [2.75, 3.05) is 0 Å². The number of fused-ring (bicyclic) bond motifs is 1. The van der Waals surface area contributed by atoms with Crippen LogP contribution < -0.4 is 0 Å². The van der Waals surface area contributed by atoms with Crippen molar-refractivity contribution >= 4 is 17.2 Å². The molecule has 23 heavy (non-hydrogen) atoms. The van der Waals surface area contributed by atoms with Crippen LogP contribution in [0.1, 0.15) is 0 Å². The average molecular weight is 324 g/mol. The first-order valence-electron chi connectivity index (χ1n) is 7.07. The highest BCUT2D eigenvalue weighted by atomic mass is 35.5. The van der Waals surface area contributed by atoms with Crippen molar-refractivity contribution in [3.63, 3.8) is 0 Å². The topological polar surface area (TPSA) is 30.2 Å². The first-order chi connectivity index (χ1) is 11.2. The predicted molar refractivity (Wildman–Crippen MR) is 88.8 cm³/mol. The minimum Gasteiger partial charge on any atom is -0.236 e. The van der Waals surface area contributed by atoms with E-state index in [0.29, 0.717) is 5.02 Å². The zero-order chi connectivity index (χ0) is 15.8. The minimum absolute atomic E-state index is 0.264. The molecule has 3 nitrogen and oxygen atoms in total. The van der Waals surface area contributed by atoms with E-state index in [2.05, 4.69) is 10.1 Å². The first kappa shape index (κ1) is 13.9. The Bertz CT molecular complexity index is 976. The Morgan fingerprint density at radius 3 is 2.30 bits per heavy atom. The van der Waals surface area contributed by atoms with Gasteiger partial charge in [0.05, 0.1) is 11.9 Å². The van der Waals surface area contributed by atoms with Crippen LogP contribution in [0.3, 0.4) is 0 Å². The molecule has 0 aliphatic heterocycles. The van der Waals surface area contributed by atoms with Crippen molar-refractivity contribution in [3.05, 3.63) is 77.8 Å². The third-order valence-corrected chi connectivity index (χ3v) is 3.95. The fourth-order valence-electron chi connectivity index (χ4n) is 2.56. The van der Waals surface area contributed by atoms with Gasteiger partial charge in [0.1, 0.15) is 5.82 Å². The molecule has 4 aromatic rings. The van der Waals surface area contributed by atoms with Crippen molar-refractivity contribution in [2.45, 2.75) is 0 Å². The molecule has 4 rings (SSSR count). The first-order valence-corrected chi connectivity index (χ1v) is 7.45. The number of nitrogens with zero attached hydrogens (tertiary/aromatic N) is 3. The van der Waals surface area contributed by atoms with Gasteiger partial charge in [-0.2, -0.15) is 5.10 Å². The molecule has 0 bridgehead atoms. The molecule has 2 aromatic heterocycles. The van der Waals surface area contributed by atoms with Gasteiger partial charge in [-0.3, -0.25) is 0 Å². The molecule has 0 aliphatic carbocycles. The maximum Gasteiger partial charge on any atom is 0.163 e. The van der Waals surface area contributed by atoms with E-state index in [1.54, 1.807) is 29.0 Å². The van der Waals surface area contributed by atoms with E-state index in [-0.39, 0.29) is 5.82 Å². The van der Waals surface area contributed by atoms with E-state index in [1.165, 1.54) is 12.1 Å². The van der Waals surface area contributed by atoms with Crippen LogP contribution in [0, 0.1) is 5.82 Å². The summed E-state index contributed by atoms with van der Waals surface area (Å²) in [6.07, 6.45) is 3.49. The molecule has 0 fully saturated rings. The highest BCUT2D eigenvalue weighted by molar-refractivity contribution is 6.30. The van der Waals surface area contributed by atoms with E-state index in [9.17, 15) is 4.39 Å². The Balaban J connectivity index is 1.89. The molecule has 0 aliphatic rings. The molecular formula is C18H11ClFN3. The highest BCUT2D eigenvalue weighted by Gasteiger charge is 2.11. The largest absolute Gasteiger partial charge is 0.236 e. The van der Waals surface area contributed by atoms with Gasteiger partial charge in [0.15, 0.2) is 5.65 Å². The third-order valence-electron chi connectivity index (χ3n) is 3.70. The van der Waals surface area contributed by atoms with Gasteiger partial charge in [0.2, 0.25) is 0 Å². The number of halogens is 2. The zero-order valence-corrected chi connectivity index (χ0v) is 12.7. The molecule has 0 radical (unpaired) electrons. The summed E-state index contributed by atoms with van der Waals surface area (Å²) in [5.74, 6) is -0.264. The Labute approximate surface area is 137 Å². The summed E-state index contributed by atoms with van der Waals surface area (Å²) in [5, 5.41) is 5.13. The van der Waals surface area contributed by atoms with Gasteiger partial charge in [-0.15, -0.1) is 0 Å². The maximum absolute atomic E-state index is 13.1. The summed E-state index contributed by atoms with van der Waals surface area (Å²) in [5.41, 5.74) is 4.38. The molecule has 2 aromatic carbocycles. The number of aromatic nitrogens is 3. The van der Waals surface area contributed by atoms with Crippen molar-refractivity contribution < 1.29 is 4.39 Å². The van der Waals surface area contributed by atoms with E-state index in [1.807, 2.05) is 30.3 Å². The second kappa shape index (κ2) is 5.48. The summed E-state index contributed by atoms with van der Waals surface area (Å²) in [4.78, 5) is 4.42. The lowest BCUT2D eigenvalue weighted by Crippen LogP contribution is -1.95. The molecule has 5 heteroatoms. The summed E-state index contributed by atoms with van der Waals surface area (Å²) in [7, 11) is 0. The monoisotopic (exact) mass is 323 g/mol. The van der Waals surface area contributed by atoms with E-state index in [4.69, 9.17) is 11.6 Å². The highest BCUT2D eigenvalue weighted by Crippen LogP contribution is 2.27. The van der Waals surface area contributed by atoms with Gasteiger partial charge in [-0.05, 0) is 35.9 Å². The summed E-state index contributed by atoms with van der Waals surface area (Å²) in [6.45, 7) is 0. The SMILES string of the molecule is Fc1ccc(-c2cnn3c(-c4ccc(Cl)cc4)ccnc23)cc1. The molecule has 0 N–H and O–H groups in total. The van der Waals surface area contributed by atoms with Crippen LogP contribution in [0.5, 0.6) is 0 Å². The number of rotatable bonds is 2. The van der Waals surface area contributed by atoms with E-state index in [0.717, 1.165) is 28.0 Å². The Kier molecular flexibility index (Phi) is 3.32. The van der Waals surface area contributed by atoms with E-state index >= 15 is 0 Å². The normalized spacial score (nSPS) is 11.0. The summed E-state index contributed by atoms with van der Waals surface area (Å²) in [6, 6.07) is 15.8. The van der Waals surface area contributed by atoms with Gasteiger partial charge in [0.25, 0.3) is 0 Å². The molecule has 0 unspecified atom stereocenters. The Hall–Kier alpha value is -2.72. The van der Waals surface area contributed by atoms with Crippen LogP contribution in [0.25, 0.3) is 28.0 Å². The summed E-state index contributed by atoms with van der Waals surface area (Å²) >= 11 is 5.95. The molecule has 0 atom stereocenters.